The average molecular weight is 335 g/mol. The number of amides is 1. The summed E-state index contributed by atoms with van der Waals surface area (Å²) in [6.45, 7) is 3.92. The van der Waals surface area contributed by atoms with Crippen LogP contribution in [0.1, 0.15) is 5.69 Å². The van der Waals surface area contributed by atoms with Crippen LogP contribution < -0.4 is 0 Å². The third-order valence-electron chi connectivity index (χ3n) is 4.37. The maximum absolute atomic E-state index is 12.6. The number of benzene rings is 1. The van der Waals surface area contributed by atoms with E-state index >= 15 is 0 Å². The fourth-order valence-corrected chi connectivity index (χ4v) is 3.89. The van der Waals surface area contributed by atoms with Crippen LogP contribution in [0.3, 0.4) is 0 Å². The van der Waals surface area contributed by atoms with Gasteiger partial charge in [-0.15, -0.1) is 0 Å². The maximum atomic E-state index is 12.6. The molecule has 0 atom stereocenters. The zero-order valence-corrected chi connectivity index (χ0v) is 14.2. The molecule has 1 amide bonds. The number of fused-ring (bicyclic) bond motifs is 1. The van der Waals surface area contributed by atoms with Crippen LogP contribution in [0.15, 0.2) is 30.3 Å². The van der Waals surface area contributed by atoms with Crippen LogP contribution in [0, 0.1) is 6.92 Å². The van der Waals surface area contributed by atoms with Crippen molar-refractivity contribution in [2.75, 3.05) is 32.4 Å². The number of piperazine rings is 1. The highest BCUT2D eigenvalue weighted by Crippen LogP contribution is 2.19. The highest BCUT2D eigenvalue weighted by atomic mass is 32.2. The van der Waals surface area contributed by atoms with E-state index in [1.807, 2.05) is 35.8 Å². The minimum absolute atomic E-state index is 0.0302. The third kappa shape index (κ3) is 3.25. The van der Waals surface area contributed by atoms with Gasteiger partial charge in [0, 0.05) is 37.4 Å². The first-order valence-electron chi connectivity index (χ1n) is 7.64. The number of carbonyl (C=O) groups is 1. The molecular weight excluding hydrogens is 314 g/mol. The normalized spacial score (nSPS) is 16.9. The number of rotatable bonds is 3. The van der Waals surface area contributed by atoms with Crippen molar-refractivity contribution in [2.45, 2.75) is 13.5 Å². The molecule has 1 fully saturated rings. The quantitative estimate of drug-likeness (QED) is 0.842. The van der Waals surface area contributed by atoms with E-state index in [0.717, 1.165) is 16.6 Å². The van der Waals surface area contributed by atoms with Gasteiger partial charge in [-0.3, -0.25) is 4.79 Å². The molecule has 1 aliphatic rings. The summed E-state index contributed by atoms with van der Waals surface area (Å²) in [5.41, 5.74) is 2.10. The van der Waals surface area contributed by atoms with Gasteiger partial charge < -0.3 is 9.47 Å². The van der Waals surface area contributed by atoms with Gasteiger partial charge in [0.05, 0.1) is 6.26 Å². The Hall–Kier alpha value is -1.86. The van der Waals surface area contributed by atoms with Crippen LogP contribution in [0.5, 0.6) is 0 Å². The average Bonchev–Trinajstić information content (AvgIpc) is 2.82. The van der Waals surface area contributed by atoms with Gasteiger partial charge in [0.1, 0.15) is 6.54 Å². The van der Waals surface area contributed by atoms with Crippen LogP contribution in [0.4, 0.5) is 0 Å². The van der Waals surface area contributed by atoms with Gasteiger partial charge in [-0.05, 0) is 24.4 Å². The highest BCUT2D eigenvalue weighted by molar-refractivity contribution is 7.88. The number of aryl methyl sites for hydroxylation is 1. The van der Waals surface area contributed by atoms with Crippen molar-refractivity contribution in [2.24, 2.45) is 0 Å². The summed E-state index contributed by atoms with van der Waals surface area (Å²) in [6, 6.07) is 10.1. The van der Waals surface area contributed by atoms with Crippen LogP contribution in [0.25, 0.3) is 10.9 Å². The second-order valence-corrected chi connectivity index (χ2v) is 7.96. The molecule has 0 unspecified atom stereocenters. The fraction of sp³-hybridized carbons (Fsp3) is 0.438. The summed E-state index contributed by atoms with van der Waals surface area (Å²) in [4.78, 5) is 14.3. The zero-order chi connectivity index (χ0) is 16.6. The standard InChI is InChI=1S/C16H21N3O3S/c1-13-11-14-5-3-4-6-15(14)19(13)12-16(20)17-7-9-18(10-8-17)23(2,21)22/h3-6,11H,7-10,12H2,1-2H3. The highest BCUT2D eigenvalue weighted by Gasteiger charge is 2.26. The van der Waals surface area contributed by atoms with Crippen LogP contribution >= 0.6 is 0 Å². The van der Waals surface area contributed by atoms with E-state index in [0.29, 0.717) is 26.2 Å². The first kappa shape index (κ1) is 16.0. The van der Waals surface area contributed by atoms with Crippen molar-refractivity contribution >= 4 is 26.8 Å². The Morgan fingerprint density at radius 3 is 2.43 bits per heavy atom. The number of nitrogens with zero attached hydrogens (tertiary/aromatic N) is 3. The van der Waals surface area contributed by atoms with E-state index in [9.17, 15) is 13.2 Å². The molecule has 0 N–H and O–H groups in total. The van der Waals surface area contributed by atoms with Crippen molar-refractivity contribution < 1.29 is 13.2 Å². The van der Waals surface area contributed by atoms with Crippen LogP contribution in [-0.2, 0) is 21.4 Å². The smallest absolute Gasteiger partial charge is 0.242 e. The van der Waals surface area contributed by atoms with E-state index in [4.69, 9.17) is 0 Å². The zero-order valence-electron chi connectivity index (χ0n) is 13.4. The van der Waals surface area contributed by atoms with Crippen LogP contribution in [0.2, 0.25) is 0 Å². The molecule has 1 aliphatic heterocycles. The van der Waals surface area contributed by atoms with E-state index in [2.05, 4.69) is 6.07 Å². The van der Waals surface area contributed by atoms with E-state index < -0.39 is 10.0 Å². The molecule has 0 aliphatic carbocycles. The molecule has 0 radical (unpaired) electrons. The molecule has 2 aromatic rings. The molecule has 1 saturated heterocycles. The maximum Gasteiger partial charge on any atom is 0.242 e. The number of hydrogen-bond donors (Lipinski definition) is 0. The lowest BCUT2D eigenvalue weighted by atomic mass is 10.2. The lowest BCUT2D eigenvalue weighted by Gasteiger charge is -2.33. The van der Waals surface area contributed by atoms with Gasteiger partial charge in [0.15, 0.2) is 0 Å². The molecule has 0 saturated carbocycles. The van der Waals surface area contributed by atoms with Crippen molar-refractivity contribution in [3.63, 3.8) is 0 Å². The molecule has 23 heavy (non-hydrogen) atoms. The summed E-state index contributed by atoms with van der Waals surface area (Å²) >= 11 is 0. The van der Waals surface area contributed by atoms with E-state index in [-0.39, 0.29) is 12.5 Å². The first-order valence-corrected chi connectivity index (χ1v) is 9.49. The molecule has 2 heterocycles. The fourth-order valence-electron chi connectivity index (χ4n) is 3.06. The molecule has 1 aromatic carbocycles. The topological polar surface area (TPSA) is 62.6 Å². The lowest BCUT2D eigenvalue weighted by molar-refractivity contribution is -0.132. The van der Waals surface area contributed by atoms with Gasteiger partial charge in [0.25, 0.3) is 0 Å². The summed E-state index contributed by atoms with van der Waals surface area (Å²) in [5.74, 6) is 0.0302. The van der Waals surface area contributed by atoms with Gasteiger partial charge in [-0.25, -0.2) is 8.42 Å². The molecular formula is C16H21N3O3S. The van der Waals surface area contributed by atoms with Gasteiger partial charge in [-0.2, -0.15) is 4.31 Å². The second kappa shape index (κ2) is 5.98. The number of hydrogen-bond acceptors (Lipinski definition) is 3. The SMILES string of the molecule is Cc1cc2ccccc2n1CC(=O)N1CCN(S(C)(=O)=O)CC1. The summed E-state index contributed by atoms with van der Waals surface area (Å²) < 4.78 is 26.5. The summed E-state index contributed by atoms with van der Waals surface area (Å²) in [5, 5.41) is 1.12. The van der Waals surface area contributed by atoms with Crippen molar-refractivity contribution in [3.05, 3.63) is 36.0 Å². The third-order valence-corrected chi connectivity index (χ3v) is 5.67. The monoisotopic (exact) mass is 335 g/mol. The number of sulfonamides is 1. The molecule has 0 spiro atoms. The predicted octanol–water partition coefficient (Wildman–Crippen LogP) is 1.05. The summed E-state index contributed by atoms with van der Waals surface area (Å²) in [6.07, 6.45) is 1.21. The molecule has 6 nitrogen and oxygen atoms in total. The Morgan fingerprint density at radius 2 is 1.78 bits per heavy atom. The predicted molar refractivity (Wildman–Crippen MR) is 89.7 cm³/mol. The Balaban J connectivity index is 1.71. The molecule has 1 aromatic heterocycles. The summed E-state index contributed by atoms with van der Waals surface area (Å²) in [7, 11) is -3.17. The molecule has 7 heteroatoms. The molecule has 124 valence electrons. The molecule has 0 bridgehead atoms. The van der Waals surface area contributed by atoms with Crippen LogP contribution in [-0.4, -0.2) is 60.5 Å². The van der Waals surface area contributed by atoms with Gasteiger partial charge >= 0.3 is 0 Å². The second-order valence-electron chi connectivity index (χ2n) is 5.97. The first-order chi connectivity index (χ1) is 10.9. The lowest BCUT2D eigenvalue weighted by Crippen LogP contribution is -2.51. The van der Waals surface area contributed by atoms with E-state index in [1.54, 1.807) is 4.90 Å². The minimum atomic E-state index is -3.17. The van der Waals surface area contributed by atoms with Gasteiger partial charge in [0.2, 0.25) is 15.9 Å². The minimum Gasteiger partial charge on any atom is -0.339 e. The Labute approximate surface area is 136 Å². The van der Waals surface area contributed by atoms with Gasteiger partial charge in [-0.1, -0.05) is 18.2 Å². The molecule has 3 rings (SSSR count). The van der Waals surface area contributed by atoms with Crippen molar-refractivity contribution in [3.8, 4) is 0 Å². The Kier molecular flexibility index (Phi) is 4.16. The number of para-hydroxylation sites is 1. The number of aromatic nitrogens is 1. The van der Waals surface area contributed by atoms with Crippen molar-refractivity contribution in [1.29, 1.82) is 0 Å². The largest absolute Gasteiger partial charge is 0.339 e. The van der Waals surface area contributed by atoms with E-state index in [1.165, 1.54) is 10.6 Å². The number of carbonyl (C=O) groups excluding carboxylic acids is 1. The van der Waals surface area contributed by atoms with Crippen molar-refractivity contribution in [1.82, 2.24) is 13.8 Å². The Morgan fingerprint density at radius 1 is 1.13 bits per heavy atom. The Bertz CT molecular complexity index is 833.